The van der Waals surface area contributed by atoms with Crippen molar-refractivity contribution in [3.63, 3.8) is 0 Å². The van der Waals surface area contributed by atoms with Crippen LogP contribution in [-0.4, -0.2) is 5.11 Å². The second-order valence-corrected chi connectivity index (χ2v) is 8.27. The normalized spacial score (nSPS) is 11.1. The molecule has 0 spiro atoms. The molecule has 0 saturated heterocycles. The molecular formula is C27H27NO3. The molecule has 4 nitrogen and oxygen atoms in total. The van der Waals surface area contributed by atoms with Crippen LogP contribution in [0.5, 0.6) is 5.75 Å². The maximum Gasteiger partial charge on any atom is 0.340 e. The summed E-state index contributed by atoms with van der Waals surface area (Å²) in [5.41, 5.74) is 7.44. The molecule has 0 aliphatic rings. The second kappa shape index (κ2) is 8.31. The first-order valence-corrected chi connectivity index (χ1v) is 10.5. The highest BCUT2D eigenvalue weighted by Gasteiger charge is 2.18. The Morgan fingerprint density at radius 2 is 1.58 bits per heavy atom. The molecule has 0 aliphatic carbocycles. The van der Waals surface area contributed by atoms with Gasteiger partial charge in [-0.2, -0.15) is 0 Å². The Bertz CT molecular complexity index is 1300. The number of rotatable bonds is 5. The van der Waals surface area contributed by atoms with Crippen molar-refractivity contribution in [3.8, 4) is 5.75 Å². The molecule has 31 heavy (non-hydrogen) atoms. The number of aryl methyl sites for hydroxylation is 4. The van der Waals surface area contributed by atoms with Gasteiger partial charge < -0.3 is 14.8 Å². The maximum atomic E-state index is 12.7. The molecule has 0 atom stereocenters. The summed E-state index contributed by atoms with van der Waals surface area (Å²) in [7, 11) is 0. The minimum atomic E-state index is -0.350. The van der Waals surface area contributed by atoms with Crippen LogP contribution in [0.3, 0.4) is 0 Å². The molecule has 0 amide bonds. The van der Waals surface area contributed by atoms with E-state index >= 15 is 0 Å². The van der Waals surface area contributed by atoms with Gasteiger partial charge in [0.15, 0.2) is 0 Å². The topological polar surface area (TPSA) is 62.5 Å². The van der Waals surface area contributed by atoms with Gasteiger partial charge >= 0.3 is 5.63 Å². The van der Waals surface area contributed by atoms with Crippen LogP contribution in [-0.2, 0) is 13.0 Å². The largest absolute Gasteiger partial charge is 0.507 e. The van der Waals surface area contributed by atoms with E-state index < -0.39 is 0 Å². The van der Waals surface area contributed by atoms with E-state index in [1.54, 1.807) is 6.92 Å². The van der Waals surface area contributed by atoms with E-state index in [0.717, 1.165) is 27.8 Å². The van der Waals surface area contributed by atoms with Crippen molar-refractivity contribution < 1.29 is 9.52 Å². The molecule has 1 aromatic heterocycles. The number of nitrogens with one attached hydrogen (secondary N) is 1. The predicted molar refractivity (Wildman–Crippen MR) is 126 cm³/mol. The smallest absolute Gasteiger partial charge is 0.340 e. The number of aromatic hydroxyl groups is 1. The predicted octanol–water partition coefficient (Wildman–Crippen LogP) is 5.94. The van der Waals surface area contributed by atoms with Gasteiger partial charge in [-0.3, -0.25) is 0 Å². The lowest BCUT2D eigenvalue weighted by atomic mass is 9.96. The van der Waals surface area contributed by atoms with E-state index in [0.29, 0.717) is 29.7 Å². The molecule has 4 aromatic rings. The van der Waals surface area contributed by atoms with Crippen LogP contribution >= 0.6 is 0 Å². The SMILES string of the molecule is Cc1cc(C)cc(NCc2cc3c(C)c(Cc4ccccc4)c(=O)oc3c(C)c2O)c1. The van der Waals surface area contributed by atoms with Crippen LogP contribution in [0, 0.1) is 27.7 Å². The molecule has 158 valence electrons. The first-order chi connectivity index (χ1) is 14.8. The van der Waals surface area contributed by atoms with Crippen molar-refractivity contribution in [2.24, 2.45) is 0 Å². The number of phenolic OH excluding ortho intramolecular Hbond substituents is 1. The third kappa shape index (κ3) is 4.19. The zero-order valence-electron chi connectivity index (χ0n) is 18.4. The van der Waals surface area contributed by atoms with Crippen LogP contribution in [0.4, 0.5) is 5.69 Å². The van der Waals surface area contributed by atoms with E-state index in [9.17, 15) is 9.90 Å². The van der Waals surface area contributed by atoms with Crippen molar-refractivity contribution >= 4 is 16.7 Å². The Morgan fingerprint density at radius 3 is 2.26 bits per heavy atom. The zero-order chi connectivity index (χ0) is 22.1. The fraction of sp³-hybridized carbons (Fsp3) is 0.222. The second-order valence-electron chi connectivity index (χ2n) is 8.27. The molecule has 0 bridgehead atoms. The van der Waals surface area contributed by atoms with Crippen LogP contribution in [0.15, 0.2) is 63.8 Å². The van der Waals surface area contributed by atoms with E-state index in [1.807, 2.05) is 43.3 Å². The van der Waals surface area contributed by atoms with Crippen LogP contribution in [0.2, 0.25) is 0 Å². The Labute approximate surface area is 182 Å². The Hall–Kier alpha value is -3.53. The van der Waals surface area contributed by atoms with Crippen LogP contribution < -0.4 is 10.9 Å². The van der Waals surface area contributed by atoms with Crippen molar-refractivity contribution in [1.82, 2.24) is 0 Å². The minimum Gasteiger partial charge on any atom is -0.507 e. The third-order valence-electron chi connectivity index (χ3n) is 5.79. The van der Waals surface area contributed by atoms with Crippen molar-refractivity contribution in [2.75, 3.05) is 5.32 Å². The summed E-state index contributed by atoms with van der Waals surface area (Å²) in [6.45, 7) is 8.34. The van der Waals surface area contributed by atoms with E-state index in [2.05, 4.69) is 37.4 Å². The Balaban J connectivity index is 1.75. The first-order valence-electron chi connectivity index (χ1n) is 10.5. The molecule has 0 radical (unpaired) electrons. The van der Waals surface area contributed by atoms with E-state index in [4.69, 9.17) is 4.42 Å². The number of benzene rings is 3. The van der Waals surface area contributed by atoms with Gasteiger partial charge in [-0.25, -0.2) is 4.79 Å². The summed E-state index contributed by atoms with van der Waals surface area (Å²) in [4.78, 5) is 12.7. The third-order valence-corrected chi connectivity index (χ3v) is 5.79. The summed E-state index contributed by atoms with van der Waals surface area (Å²) in [5, 5.41) is 15.0. The summed E-state index contributed by atoms with van der Waals surface area (Å²) in [5.74, 6) is 0.155. The lowest BCUT2D eigenvalue weighted by Gasteiger charge is -2.15. The van der Waals surface area contributed by atoms with E-state index in [-0.39, 0.29) is 11.4 Å². The average molecular weight is 414 g/mol. The summed E-state index contributed by atoms with van der Waals surface area (Å²) in [6.07, 6.45) is 0.515. The fourth-order valence-corrected chi connectivity index (χ4v) is 4.15. The van der Waals surface area contributed by atoms with Gasteiger partial charge in [0, 0.05) is 40.7 Å². The molecule has 4 rings (SSSR count). The summed E-state index contributed by atoms with van der Waals surface area (Å²) in [6, 6.07) is 18.1. The zero-order valence-corrected chi connectivity index (χ0v) is 18.4. The molecule has 1 heterocycles. The molecule has 2 N–H and O–H groups in total. The average Bonchev–Trinajstić information content (AvgIpc) is 2.73. The van der Waals surface area contributed by atoms with Crippen LogP contribution in [0.25, 0.3) is 11.0 Å². The van der Waals surface area contributed by atoms with Crippen LogP contribution in [0.1, 0.15) is 38.9 Å². The monoisotopic (exact) mass is 413 g/mol. The highest BCUT2D eigenvalue weighted by atomic mass is 16.4. The highest BCUT2D eigenvalue weighted by molar-refractivity contribution is 5.87. The van der Waals surface area contributed by atoms with Gasteiger partial charge in [-0.05, 0) is 68.1 Å². The van der Waals surface area contributed by atoms with Gasteiger partial charge in [0.1, 0.15) is 11.3 Å². The molecule has 0 fully saturated rings. The van der Waals surface area contributed by atoms with Gasteiger partial charge in [-0.15, -0.1) is 0 Å². The molecule has 0 saturated carbocycles. The van der Waals surface area contributed by atoms with Gasteiger partial charge in [0.25, 0.3) is 0 Å². The fourth-order valence-electron chi connectivity index (χ4n) is 4.15. The Kier molecular flexibility index (Phi) is 5.55. The number of anilines is 1. The first kappa shape index (κ1) is 20.7. The molecule has 3 aromatic carbocycles. The number of phenols is 1. The number of hydrogen-bond acceptors (Lipinski definition) is 4. The van der Waals surface area contributed by atoms with Gasteiger partial charge in [0.05, 0.1) is 0 Å². The summed E-state index contributed by atoms with van der Waals surface area (Å²) >= 11 is 0. The number of fused-ring (bicyclic) bond motifs is 1. The van der Waals surface area contributed by atoms with Crippen molar-refractivity contribution in [2.45, 2.75) is 40.7 Å². The molecule has 0 unspecified atom stereocenters. The maximum absolute atomic E-state index is 12.7. The van der Waals surface area contributed by atoms with Crippen molar-refractivity contribution in [1.29, 1.82) is 0 Å². The lowest BCUT2D eigenvalue weighted by Crippen LogP contribution is -2.12. The quantitative estimate of drug-likeness (QED) is 0.398. The molecule has 4 heteroatoms. The Morgan fingerprint density at radius 1 is 0.903 bits per heavy atom. The summed E-state index contributed by atoms with van der Waals surface area (Å²) < 4.78 is 5.67. The lowest BCUT2D eigenvalue weighted by molar-refractivity contribution is 0.462. The standard InChI is InChI=1S/C27H27NO3/c1-16-10-17(2)12-22(11-16)28-15-21-14-23-18(3)24(13-20-8-6-5-7-9-20)27(30)31-26(23)19(4)25(21)29/h5-12,14,28-29H,13,15H2,1-4H3. The highest BCUT2D eigenvalue weighted by Crippen LogP contribution is 2.33. The molecule has 0 aliphatic heterocycles. The number of hydrogen-bond donors (Lipinski definition) is 2. The van der Waals surface area contributed by atoms with Crippen molar-refractivity contribution in [3.05, 3.63) is 104 Å². The minimum absolute atomic E-state index is 0.155. The molecular weight excluding hydrogens is 386 g/mol. The van der Waals surface area contributed by atoms with Gasteiger partial charge in [-0.1, -0.05) is 36.4 Å². The van der Waals surface area contributed by atoms with E-state index in [1.165, 1.54) is 11.1 Å². The van der Waals surface area contributed by atoms with Gasteiger partial charge in [0.2, 0.25) is 0 Å².